The van der Waals surface area contributed by atoms with E-state index in [1.807, 2.05) is 11.9 Å². The van der Waals surface area contributed by atoms with Crippen molar-refractivity contribution < 1.29 is 18.3 Å². The maximum atomic E-state index is 13.4. The molecule has 0 saturated carbocycles. The molecule has 3 nitrogen and oxygen atoms in total. The molecule has 1 aromatic rings. The minimum absolute atomic E-state index is 0.170. The standard InChI is InChI=1S/C14H17F2NO2/c1-17(10-6-8-19-9-10)7-5-13(18)11-3-2-4-12(15)14(11)16/h2-4,10H,5-9H2,1H3. The summed E-state index contributed by atoms with van der Waals surface area (Å²) in [5.74, 6) is -2.41. The van der Waals surface area contributed by atoms with Gasteiger partial charge < -0.3 is 9.64 Å². The van der Waals surface area contributed by atoms with Gasteiger partial charge in [0.15, 0.2) is 17.4 Å². The predicted octanol–water partition coefficient (Wildman–Crippen LogP) is 2.26. The Morgan fingerprint density at radius 1 is 1.47 bits per heavy atom. The van der Waals surface area contributed by atoms with Crippen LogP contribution < -0.4 is 0 Å². The number of ether oxygens (including phenoxy) is 1. The summed E-state index contributed by atoms with van der Waals surface area (Å²) in [6.07, 6.45) is 1.12. The topological polar surface area (TPSA) is 29.5 Å². The molecule has 2 rings (SSSR count). The second-order valence-corrected chi connectivity index (χ2v) is 4.77. The van der Waals surface area contributed by atoms with Gasteiger partial charge in [-0.05, 0) is 25.6 Å². The van der Waals surface area contributed by atoms with Crippen molar-refractivity contribution in [2.75, 3.05) is 26.8 Å². The Bertz CT molecular complexity index is 459. The lowest BCUT2D eigenvalue weighted by molar-refractivity contribution is 0.0949. The molecule has 1 fully saturated rings. The Hall–Kier alpha value is -1.33. The highest BCUT2D eigenvalue weighted by atomic mass is 19.2. The van der Waals surface area contributed by atoms with Gasteiger partial charge in [0.2, 0.25) is 0 Å². The summed E-state index contributed by atoms with van der Waals surface area (Å²) in [6.45, 7) is 1.92. The molecular formula is C14H17F2NO2. The van der Waals surface area contributed by atoms with Crippen LogP contribution in [0.4, 0.5) is 8.78 Å². The molecular weight excluding hydrogens is 252 g/mol. The summed E-state index contributed by atoms with van der Waals surface area (Å²) in [5, 5.41) is 0. The molecule has 104 valence electrons. The molecule has 0 bridgehead atoms. The first-order chi connectivity index (χ1) is 9.09. The Kier molecular flexibility index (Phi) is 4.61. The lowest BCUT2D eigenvalue weighted by Gasteiger charge is -2.22. The van der Waals surface area contributed by atoms with Crippen molar-refractivity contribution in [1.29, 1.82) is 0 Å². The smallest absolute Gasteiger partial charge is 0.169 e. The quantitative estimate of drug-likeness (QED) is 0.768. The number of hydrogen-bond acceptors (Lipinski definition) is 3. The van der Waals surface area contributed by atoms with Crippen molar-refractivity contribution in [2.45, 2.75) is 18.9 Å². The fraction of sp³-hybridized carbons (Fsp3) is 0.500. The normalized spacial score (nSPS) is 19.1. The maximum Gasteiger partial charge on any atom is 0.169 e. The van der Waals surface area contributed by atoms with Crippen LogP contribution in [0.3, 0.4) is 0 Å². The van der Waals surface area contributed by atoms with E-state index < -0.39 is 11.6 Å². The van der Waals surface area contributed by atoms with Crippen LogP contribution in [0.25, 0.3) is 0 Å². The zero-order chi connectivity index (χ0) is 13.8. The molecule has 0 radical (unpaired) electrons. The molecule has 1 aliphatic heterocycles. The van der Waals surface area contributed by atoms with Crippen LogP contribution in [0.1, 0.15) is 23.2 Å². The van der Waals surface area contributed by atoms with Crippen molar-refractivity contribution >= 4 is 5.78 Å². The van der Waals surface area contributed by atoms with E-state index in [1.54, 1.807) is 0 Å². The fourth-order valence-corrected chi connectivity index (χ4v) is 2.18. The monoisotopic (exact) mass is 269 g/mol. The Labute approximate surface area is 111 Å². The van der Waals surface area contributed by atoms with Crippen molar-refractivity contribution in [3.8, 4) is 0 Å². The average molecular weight is 269 g/mol. The highest BCUT2D eigenvalue weighted by Gasteiger charge is 2.21. The lowest BCUT2D eigenvalue weighted by Crippen LogP contribution is -2.33. The van der Waals surface area contributed by atoms with E-state index >= 15 is 0 Å². The molecule has 0 aromatic heterocycles. The van der Waals surface area contributed by atoms with Gasteiger partial charge in [0, 0.05) is 25.6 Å². The van der Waals surface area contributed by atoms with E-state index in [-0.39, 0.29) is 17.8 Å². The van der Waals surface area contributed by atoms with Gasteiger partial charge in [0.1, 0.15) is 0 Å². The third kappa shape index (κ3) is 3.36. The number of ketones is 1. The number of nitrogens with zero attached hydrogens (tertiary/aromatic N) is 1. The van der Waals surface area contributed by atoms with Gasteiger partial charge in [-0.2, -0.15) is 0 Å². The number of carbonyl (C=O) groups is 1. The number of rotatable bonds is 5. The first-order valence-electron chi connectivity index (χ1n) is 6.35. The number of carbonyl (C=O) groups excluding carboxylic acids is 1. The SMILES string of the molecule is CN(CCC(=O)c1cccc(F)c1F)C1CCOC1. The van der Waals surface area contributed by atoms with Gasteiger partial charge in [0.25, 0.3) is 0 Å². The van der Waals surface area contributed by atoms with E-state index in [0.29, 0.717) is 19.2 Å². The largest absolute Gasteiger partial charge is 0.380 e. The summed E-state index contributed by atoms with van der Waals surface area (Å²) >= 11 is 0. The molecule has 1 saturated heterocycles. The number of halogens is 2. The second kappa shape index (κ2) is 6.21. The molecule has 0 spiro atoms. The third-order valence-electron chi connectivity index (χ3n) is 3.47. The summed E-state index contributed by atoms with van der Waals surface area (Å²) in [7, 11) is 1.91. The van der Waals surface area contributed by atoms with Crippen molar-refractivity contribution in [3.05, 3.63) is 35.4 Å². The number of hydrogen-bond donors (Lipinski definition) is 0. The van der Waals surface area contributed by atoms with Crippen LogP contribution in [-0.4, -0.2) is 43.5 Å². The minimum atomic E-state index is -1.06. The zero-order valence-electron chi connectivity index (χ0n) is 10.9. The van der Waals surface area contributed by atoms with Gasteiger partial charge >= 0.3 is 0 Å². The van der Waals surface area contributed by atoms with Crippen LogP contribution in [0.2, 0.25) is 0 Å². The number of benzene rings is 1. The summed E-state index contributed by atoms with van der Waals surface area (Å²) in [5.41, 5.74) is -0.170. The van der Waals surface area contributed by atoms with Crippen LogP contribution in [0.5, 0.6) is 0 Å². The Balaban J connectivity index is 1.92. The van der Waals surface area contributed by atoms with Crippen LogP contribution in [0, 0.1) is 11.6 Å². The van der Waals surface area contributed by atoms with Crippen molar-refractivity contribution in [3.63, 3.8) is 0 Å². The van der Waals surface area contributed by atoms with Crippen LogP contribution in [0.15, 0.2) is 18.2 Å². The first-order valence-corrected chi connectivity index (χ1v) is 6.35. The number of Topliss-reactive ketones (excluding diaryl/α,β-unsaturated/α-hetero) is 1. The molecule has 5 heteroatoms. The molecule has 1 heterocycles. The van der Waals surface area contributed by atoms with Gasteiger partial charge in [-0.15, -0.1) is 0 Å². The lowest BCUT2D eigenvalue weighted by atomic mass is 10.1. The van der Waals surface area contributed by atoms with E-state index in [1.165, 1.54) is 12.1 Å². The minimum Gasteiger partial charge on any atom is -0.380 e. The number of likely N-dealkylation sites (N-methyl/N-ethyl adjacent to an activating group) is 1. The van der Waals surface area contributed by atoms with Crippen molar-refractivity contribution in [1.82, 2.24) is 4.90 Å². The third-order valence-corrected chi connectivity index (χ3v) is 3.47. The summed E-state index contributed by atoms with van der Waals surface area (Å²) < 4.78 is 31.7. The predicted molar refractivity (Wildman–Crippen MR) is 67.2 cm³/mol. The van der Waals surface area contributed by atoms with E-state index in [4.69, 9.17) is 4.74 Å². The Morgan fingerprint density at radius 3 is 2.95 bits per heavy atom. The van der Waals surface area contributed by atoms with Gasteiger partial charge in [-0.3, -0.25) is 4.79 Å². The van der Waals surface area contributed by atoms with Gasteiger partial charge in [0.05, 0.1) is 12.2 Å². The molecule has 1 aliphatic rings. The summed E-state index contributed by atoms with van der Waals surface area (Å²) in [4.78, 5) is 13.9. The molecule has 1 unspecified atom stereocenters. The molecule has 0 aliphatic carbocycles. The average Bonchev–Trinajstić information content (AvgIpc) is 2.93. The zero-order valence-corrected chi connectivity index (χ0v) is 10.9. The second-order valence-electron chi connectivity index (χ2n) is 4.77. The highest BCUT2D eigenvalue weighted by Crippen LogP contribution is 2.15. The highest BCUT2D eigenvalue weighted by molar-refractivity contribution is 5.96. The maximum absolute atomic E-state index is 13.4. The molecule has 1 atom stereocenters. The molecule has 0 amide bonds. The molecule has 1 aromatic carbocycles. The van der Waals surface area contributed by atoms with Crippen LogP contribution >= 0.6 is 0 Å². The molecule has 19 heavy (non-hydrogen) atoms. The Morgan fingerprint density at radius 2 is 2.26 bits per heavy atom. The van der Waals surface area contributed by atoms with Gasteiger partial charge in [-0.1, -0.05) is 6.07 Å². The van der Waals surface area contributed by atoms with Crippen molar-refractivity contribution in [2.24, 2.45) is 0 Å². The molecule has 0 N–H and O–H groups in total. The van der Waals surface area contributed by atoms with E-state index in [2.05, 4.69) is 0 Å². The summed E-state index contributed by atoms with van der Waals surface area (Å²) in [6, 6.07) is 3.98. The van der Waals surface area contributed by atoms with Gasteiger partial charge in [-0.25, -0.2) is 8.78 Å². The van der Waals surface area contributed by atoms with E-state index in [9.17, 15) is 13.6 Å². The van der Waals surface area contributed by atoms with E-state index in [0.717, 1.165) is 19.1 Å². The first kappa shape index (κ1) is 14.1. The fourth-order valence-electron chi connectivity index (χ4n) is 2.18. The van der Waals surface area contributed by atoms with Crippen LogP contribution in [-0.2, 0) is 4.74 Å².